The lowest BCUT2D eigenvalue weighted by atomic mass is 9.84. The van der Waals surface area contributed by atoms with Crippen molar-refractivity contribution in [3.05, 3.63) is 87.3 Å². The summed E-state index contributed by atoms with van der Waals surface area (Å²) >= 11 is 1.32. The van der Waals surface area contributed by atoms with Gasteiger partial charge in [-0.1, -0.05) is 0 Å². The minimum Gasteiger partial charge on any atom is -0.469 e. The predicted octanol–water partition coefficient (Wildman–Crippen LogP) is 4.81. The molecule has 3 aromatic heterocycles. The molecule has 0 spiro atoms. The van der Waals surface area contributed by atoms with Crippen LogP contribution in [0.4, 0.5) is 4.39 Å². The number of halogens is 1. The lowest BCUT2D eigenvalue weighted by Gasteiger charge is -2.22. The van der Waals surface area contributed by atoms with E-state index in [9.17, 15) is 14.0 Å². The van der Waals surface area contributed by atoms with Crippen LogP contribution in [0.3, 0.4) is 0 Å². The number of rotatable bonds is 3. The number of hydrogen-bond acceptors (Lipinski definition) is 5. The molecule has 5 nitrogen and oxygen atoms in total. The zero-order chi connectivity index (χ0) is 20.0. The third-order valence-corrected chi connectivity index (χ3v) is 6.00. The first-order valence-electron chi connectivity index (χ1n) is 9.13. The number of ketones is 1. The number of carbonyl (C=O) groups excluding carboxylic acids is 1. The molecule has 0 fully saturated rings. The second-order valence-electron chi connectivity index (χ2n) is 6.99. The monoisotopic (exact) mass is 406 g/mol. The van der Waals surface area contributed by atoms with Gasteiger partial charge in [-0.3, -0.25) is 9.59 Å². The van der Waals surface area contributed by atoms with Crippen LogP contribution < -0.4 is 5.56 Å². The number of aromatic amines is 1. The highest BCUT2D eigenvalue weighted by atomic mass is 32.1. The quantitative estimate of drug-likeness (QED) is 0.530. The summed E-state index contributed by atoms with van der Waals surface area (Å²) in [6, 6.07) is 11.3. The highest BCUT2D eigenvalue weighted by Gasteiger charge is 2.29. The van der Waals surface area contributed by atoms with Crippen molar-refractivity contribution in [3.8, 4) is 21.8 Å². The summed E-state index contributed by atoms with van der Waals surface area (Å²) in [5, 5.41) is 2.34. The van der Waals surface area contributed by atoms with E-state index in [4.69, 9.17) is 4.42 Å². The lowest BCUT2D eigenvalue weighted by molar-refractivity contribution is 0.0959. The zero-order valence-electron chi connectivity index (χ0n) is 15.1. The van der Waals surface area contributed by atoms with Gasteiger partial charge in [-0.05, 0) is 48.9 Å². The van der Waals surface area contributed by atoms with Crippen LogP contribution in [0.5, 0.6) is 0 Å². The number of benzene rings is 1. The number of aromatic nitrogens is 2. The van der Waals surface area contributed by atoms with Crippen LogP contribution in [-0.2, 0) is 6.42 Å². The molecule has 4 aromatic rings. The summed E-state index contributed by atoms with van der Waals surface area (Å²) in [5.74, 6) is 0.330. The molecule has 7 heteroatoms. The summed E-state index contributed by atoms with van der Waals surface area (Å²) in [5.41, 5.74) is 2.67. The van der Waals surface area contributed by atoms with E-state index < -0.39 is 0 Å². The molecule has 1 N–H and O–H groups in total. The van der Waals surface area contributed by atoms with Gasteiger partial charge in [-0.15, -0.1) is 11.3 Å². The Balaban J connectivity index is 1.50. The summed E-state index contributed by atoms with van der Waals surface area (Å²) in [6.45, 7) is 0. The maximum Gasteiger partial charge on any atom is 0.258 e. The Hall–Kier alpha value is -3.32. The number of H-pyrrole nitrogens is 1. The van der Waals surface area contributed by atoms with Crippen LogP contribution in [0.25, 0.3) is 21.8 Å². The Kier molecular flexibility index (Phi) is 4.24. The lowest BCUT2D eigenvalue weighted by Crippen LogP contribution is -2.24. The Morgan fingerprint density at radius 3 is 2.69 bits per heavy atom. The van der Waals surface area contributed by atoms with E-state index in [1.807, 2.05) is 11.4 Å². The summed E-state index contributed by atoms with van der Waals surface area (Å²) in [6.07, 6.45) is 2.47. The number of nitrogens with one attached hydrogen (secondary N) is 1. The van der Waals surface area contributed by atoms with E-state index >= 15 is 0 Å². The van der Waals surface area contributed by atoms with Crippen LogP contribution in [-0.4, -0.2) is 15.8 Å². The van der Waals surface area contributed by atoms with Gasteiger partial charge in [0.2, 0.25) is 0 Å². The highest BCUT2D eigenvalue weighted by molar-refractivity contribution is 7.13. The number of fused-ring (bicyclic) bond motifs is 1. The van der Waals surface area contributed by atoms with Gasteiger partial charge in [0.15, 0.2) is 5.78 Å². The first kappa shape index (κ1) is 17.8. The minimum atomic E-state index is -0.318. The molecule has 0 radical (unpaired) electrons. The van der Waals surface area contributed by atoms with Crippen LogP contribution in [0.1, 0.15) is 34.2 Å². The van der Waals surface area contributed by atoms with Gasteiger partial charge in [0.1, 0.15) is 16.6 Å². The predicted molar refractivity (Wildman–Crippen MR) is 108 cm³/mol. The van der Waals surface area contributed by atoms with E-state index in [2.05, 4.69) is 9.97 Å². The van der Waals surface area contributed by atoms with Crippen molar-refractivity contribution >= 4 is 17.1 Å². The second-order valence-corrected chi connectivity index (χ2v) is 7.85. The SMILES string of the molecule is O=C1CC(c2ccco2)Cc2[nH]c(=O)c(-c3nc(-c4ccc(F)cc4)cs3)cc21. The molecule has 1 aliphatic carbocycles. The number of pyridine rings is 1. The van der Waals surface area contributed by atoms with Gasteiger partial charge in [-0.2, -0.15) is 0 Å². The molecular weight excluding hydrogens is 391 g/mol. The van der Waals surface area contributed by atoms with Gasteiger partial charge < -0.3 is 9.40 Å². The molecule has 1 unspecified atom stereocenters. The maximum absolute atomic E-state index is 13.1. The second kappa shape index (κ2) is 6.93. The molecule has 1 aliphatic rings. The molecule has 1 atom stereocenters. The Labute approximate surface area is 168 Å². The smallest absolute Gasteiger partial charge is 0.258 e. The van der Waals surface area contributed by atoms with E-state index in [1.54, 1.807) is 30.5 Å². The molecule has 0 bridgehead atoms. The number of thiazole rings is 1. The standard InChI is InChI=1S/C22H15FN2O3S/c23-14-5-3-12(4-6-14)18-11-29-22(25-18)16-10-15-17(24-21(16)27)8-13(9-19(15)26)20-2-1-7-28-20/h1-7,10-11,13H,8-9H2,(H,24,27). The van der Waals surface area contributed by atoms with Crippen LogP contribution in [0, 0.1) is 5.82 Å². The van der Waals surface area contributed by atoms with Gasteiger partial charge in [-0.25, -0.2) is 9.37 Å². The number of nitrogens with zero attached hydrogens (tertiary/aromatic N) is 1. The topological polar surface area (TPSA) is 76.0 Å². The van der Waals surface area contributed by atoms with E-state index in [-0.39, 0.29) is 23.1 Å². The van der Waals surface area contributed by atoms with Gasteiger partial charge in [0.05, 0.1) is 17.5 Å². The number of hydrogen-bond donors (Lipinski definition) is 1. The molecule has 0 saturated carbocycles. The van der Waals surface area contributed by atoms with Gasteiger partial charge >= 0.3 is 0 Å². The Morgan fingerprint density at radius 2 is 1.93 bits per heavy atom. The average Bonchev–Trinajstić information content (AvgIpc) is 3.40. The number of furan rings is 1. The normalized spacial score (nSPS) is 16.0. The number of carbonyl (C=O) groups is 1. The van der Waals surface area contributed by atoms with Crippen LogP contribution >= 0.6 is 11.3 Å². The van der Waals surface area contributed by atoms with Crippen molar-refractivity contribution < 1.29 is 13.6 Å². The summed E-state index contributed by atoms with van der Waals surface area (Å²) in [4.78, 5) is 32.8. The molecule has 29 heavy (non-hydrogen) atoms. The molecule has 1 aromatic carbocycles. The van der Waals surface area contributed by atoms with Crippen molar-refractivity contribution in [1.29, 1.82) is 0 Å². The van der Waals surface area contributed by atoms with E-state index in [1.165, 1.54) is 23.5 Å². The largest absolute Gasteiger partial charge is 0.469 e. The Morgan fingerprint density at radius 1 is 1.10 bits per heavy atom. The van der Waals surface area contributed by atoms with Crippen molar-refractivity contribution in [2.45, 2.75) is 18.8 Å². The molecule has 144 valence electrons. The maximum atomic E-state index is 13.1. The van der Waals surface area contributed by atoms with E-state index in [0.717, 1.165) is 11.3 Å². The van der Waals surface area contributed by atoms with Crippen molar-refractivity contribution in [3.63, 3.8) is 0 Å². The van der Waals surface area contributed by atoms with Crippen LogP contribution in [0.2, 0.25) is 0 Å². The van der Waals surface area contributed by atoms with E-state index in [0.29, 0.717) is 40.4 Å². The first-order valence-corrected chi connectivity index (χ1v) is 10.0. The molecule has 0 aliphatic heterocycles. The van der Waals surface area contributed by atoms with Crippen LogP contribution in [0.15, 0.2) is 63.3 Å². The zero-order valence-corrected chi connectivity index (χ0v) is 16.0. The summed E-state index contributed by atoms with van der Waals surface area (Å²) in [7, 11) is 0. The highest BCUT2D eigenvalue weighted by Crippen LogP contribution is 2.34. The van der Waals surface area contributed by atoms with Crippen molar-refractivity contribution in [2.75, 3.05) is 0 Å². The third kappa shape index (κ3) is 3.23. The van der Waals surface area contributed by atoms with Crippen molar-refractivity contribution in [2.24, 2.45) is 0 Å². The fraction of sp³-hybridized carbons (Fsp3) is 0.136. The summed E-state index contributed by atoms with van der Waals surface area (Å²) < 4.78 is 18.6. The van der Waals surface area contributed by atoms with Gasteiger partial charge in [0.25, 0.3) is 5.56 Å². The number of Topliss-reactive ketones (excluding diaryl/α,β-unsaturated/α-hetero) is 1. The Bertz CT molecular complexity index is 1260. The molecule has 0 amide bonds. The third-order valence-electron chi connectivity index (χ3n) is 5.13. The molecule has 5 rings (SSSR count). The molecule has 3 heterocycles. The fourth-order valence-corrected chi connectivity index (χ4v) is 4.51. The molecular formula is C22H15FN2O3S. The fourth-order valence-electron chi connectivity index (χ4n) is 3.67. The first-order chi connectivity index (χ1) is 14.1. The van der Waals surface area contributed by atoms with Crippen molar-refractivity contribution in [1.82, 2.24) is 9.97 Å². The minimum absolute atomic E-state index is 0.0273. The average molecular weight is 406 g/mol. The molecule has 0 saturated heterocycles. The van der Waals surface area contributed by atoms with Gasteiger partial charge in [0, 0.05) is 34.5 Å².